The molecule has 0 aromatic heterocycles. The maximum absolute atomic E-state index is 6.30. The van der Waals surface area contributed by atoms with Gasteiger partial charge in [-0.2, -0.15) is 0 Å². The lowest BCUT2D eigenvalue weighted by Gasteiger charge is -2.45. The van der Waals surface area contributed by atoms with Crippen molar-refractivity contribution in [3.05, 3.63) is 47.5 Å². The Balaban J connectivity index is 1.77. The van der Waals surface area contributed by atoms with Gasteiger partial charge in [0.05, 0.1) is 14.2 Å². The predicted octanol–water partition coefficient (Wildman–Crippen LogP) is 3.61. The Bertz CT molecular complexity index is 694. The van der Waals surface area contributed by atoms with E-state index in [1.54, 1.807) is 14.2 Å². The molecule has 0 spiro atoms. The van der Waals surface area contributed by atoms with Crippen LogP contribution in [0.15, 0.2) is 36.4 Å². The van der Waals surface area contributed by atoms with Crippen LogP contribution in [0.4, 0.5) is 0 Å². The first kappa shape index (κ1) is 14.2. The number of benzene rings is 2. The molecule has 0 radical (unpaired) electrons. The number of rotatable bonds is 2. The van der Waals surface area contributed by atoms with Crippen molar-refractivity contribution in [1.29, 1.82) is 0 Å². The van der Waals surface area contributed by atoms with Gasteiger partial charge in [-0.05, 0) is 36.1 Å². The lowest BCUT2D eigenvalue weighted by Crippen LogP contribution is -2.53. The van der Waals surface area contributed by atoms with Gasteiger partial charge < -0.3 is 18.9 Å². The van der Waals surface area contributed by atoms with E-state index in [-0.39, 0.29) is 5.92 Å². The molecule has 4 rings (SSSR count). The summed E-state index contributed by atoms with van der Waals surface area (Å²) in [6.45, 7) is 2.00. The van der Waals surface area contributed by atoms with E-state index >= 15 is 0 Å². The van der Waals surface area contributed by atoms with Gasteiger partial charge in [0, 0.05) is 12.8 Å². The summed E-state index contributed by atoms with van der Waals surface area (Å²) in [5.74, 6) is 2.60. The minimum atomic E-state index is -0.719. The molecular formula is C19H20O4. The van der Waals surface area contributed by atoms with Gasteiger partial charge in [-0.25, -0.2) is 0 Å². The fraction of sp³-hybridized carbons (Fsp3) is 0.368. The van der Waals surface area contributed by atoms with Crippen LogP contribution in [-0.4, -0.2) is 20.0 Å². The van der Waals surface area contributed by atoms with E-state index in [1.165, 1.54) is 11.1 Å². The SMILES string of the molecule is COc1cccc2c1OC1(C)Oc3c(cccc3OC)CC1C2. The van der Waals surface area contributed by atoms with E-state index in [9.17, 15) is 0 Å². The molecule has 0 N–H and O–H groups in total. The maximum Gasteiger partial charge on any atom is 0.252 e. The Morgan fingerprint density at radius 2 is 1.35 bits per heavy atom. The normalized spacial score (nSPS) is 24.4. The van der Waals surface area contributed by atoms with Crippen LogP contribution in [-0.2, 0) is 12.8 Å². The van der Waals surface area contributed by atoms with Gasteiger partial charge in [0.15, 0.2) is 23.0 Å². The summed E-state index contributed by atoms with van der Waals surface area (Å²) in [5.41, 5.74) is 2.34. The van der Waals surface area contributed by atoms with Crippen molar-refractivity contribution in [2.45, 2.75) is 25.6 Å². The molecule has 120 valence electrons. The zero-order valence-corrected chi connectivity index (χ0v) is 13.6. The molecule has 2 aromatic rings. The van der Waals surface area contributed by atoms with Gasteiger partial charge >= 0.3 is 0 Å². The second-order valence-corrected chi connectivity index (χ2v) is 6.22. The molecule has 2 aliphatic rings. The van der Waals surface area contributed by atoms with Gasteiger partial charge in [0.2, 0.25) is 0 Å². The molecule has 2 aromatic carbocycles. The van der Waals surface area contributed by atoms with Crippen LogP contribution in [0, 0.1) is 5.92 Å². The minimum Gasteiger partial charge on any atom is -0.493 e. The first-order valence-electron chi connectivity index (χ1n) is 7.84. The van der Waals surface area contributed by atoms with Crippen LogP contribution in [0.3, 0.4) is 0 Å². The highest BCUT2D eigenvalue weighted by Crippen LogP contribution is 2.49. The van der Waals surface area contributed by atoms with Gasteiger partial charge in [0.25, 0.3) is 5.79 Å². The van der Waals surface area contributed by atoms with Gasteiger partial charge in [-0.1, -0.05) is 24.3 Å². The summed E-state index contributed by atoms with van der Waals surface area (Å²) >= 11 is 0. The smallest absolute Gasteiger partial charge is 0.252 e. The van der Waals surface area contributed by atoms with Crippen LogP contribution < -0.4 is 18.9 Å². The predicted molar refractivity (Wildman–Crippen MR) is 86.5 cm³/mol. The quantitative estimate of drug-likeness (QED) is 0.849. The third kappa shape index (κ3) is 2.12. The van der Waals surface area contributed by atoms with Gasteiger partial charge in [0.1, 0.15) is 0 Å². The molecule has 0 atom stereocenters. The van der Waals surface area contributed by atoms with Crippen molar-refractivity contribution in [2.75, 3.05) is 14.2 Å². The van der Waals surface area contributed by atoms with Crippen molar-refractivity contribution in [3.8, 4) is 23.0 Å². The fourth-order valence-electron chi connectivity index (χ4n) is 3.56. The van der Waals surface area contributed by atoms with Crippen molar-refractivity contribution < 1.29 is 18.9 Å². The van der Waals surface area contributed by atoms with Crippen molar-refractivity contribution in [3.63, 3.8) is 0 Å². The summed E-state index contributed by atoms with van der Waals surface area (Å²) in [5, 5.41) is 0. The standard InChI is InChI=1S/C19H20O4/c1-19-14(10-12-6-4-8-15(20-2)17(12)22-19)11-13-7-5-9-16(21-3)18(13)23-19/h4-9,14H,10-11H2,1-3H3. The molecule has 0 saturated heterocycles. The van der Waals surface area contributed by atoms with Crippen LogP contribution in [0.1, 0.15) is 18.1 Å². The zero-order chi connectivity index (χ0) is 16.0. The average Bonchev–Trinajstić information content (AvgIpc) is 2.56. The molecule has 0 amide bonds. The summed E-state index contributed by atoms with van der Waals surface area (Å²) in [7, 11) is 3.32. The lowest BCUT2D eigenvalue weighted by atomic mass is 9.81. The van der Waals surface area contributed by atoms with Crippen LogP contribution in [0.2, 0.25) is 0 Å². The number of ether oxygens (including phenoxy) is 4. The largest absolute Gasteiger partial charge is 0.493 e. The van der Waals surface area contributed by atoms with Gasteiger partial charge in [-0.15, -0.1) is 0 Å². The number of fused-ring (bicyclic) bond motifs is 3. The number of hydrogen-bond donors (Lipinski definition) is 0. The molecule has 23 heavy (non-hydrogen) atoms. The Hall–Kier alpha value is -2.36. The summed E-state index contributed by atoms with van der Waals surface area (Å²) in [6, 6.07) is 12.0. The second-order valence-electron chi connectivity index (χ2n) is 6.22. The van der Waals surface area contributed by atoms with E-state index in [0.717, 1.165) is 35.8 Å². The van der Waals surface area contributed by atoms with Crippen LogP contribution in [0.5, 0.6) is 23.0 Å². The van der Waals surface area contributed by atoms with E-state index < -0.39 is 5.79 Å². The molecule has 4 heteroatoms. The minimum absolute atomic E-state index is 0.252. The Labute approximate surface area is 135 Å². The highest BCUT2D eigenvalue weighted by molar-refractivity contribution is 5.52. The number of methoxy groups -OCH3 is 2. The van der Waals surface area contributed by atoms with Crippen molar-refractivity contribution in [2.24, 2.45) is 5.92 Å². The van der Waals surface area contributed by atoms with Crippen molar-refractivity contribution >= 4 is 0 Å². The molecule has 2 heterocycles. The van der Waals surface area contributed by atoms with E-state index in [4.69, 9.17) is 18.9 Å². The lowest BCUT2D eigenvalue weighted by molar-refractivity contribution is -0.161. The van der Waals surface area contributed by atoms with Crippen molar-refractivity contribution in [1.82, 2.24) is 0 Å². The Kier molecular flexibility index (Phi) is 3.15. The van der Waals surface area contributed by atoms with E-state index in [0.29, 0.717) is 0 Å². The number of hydrogen-bond acceptors (Lipinski definition) is 4. The summed E-state index contributed by atoms with van der Waals surface area (Å²) in [6.07, 6.45) is 1.80. The molecular weight excluding hydrogens is 292 g/mol. The molecule has 0 fully saturated rings. The fourth-order valence-corrected chi connectivity index (χ4v) is 3.56. The molecule has 4 nitrogen and oxygen atoms in total. The topological polar surface area (TPSA) is 36.9 Å². The Morgan fingerprint density at radius 1 is 0.870 bits per heavy atom. The number of para-hydroxylation sites is 2. The first-order valence-corrected chi connectivity index (χ1v) is 7.84. The van der Waals surface area contributed by atoms with Gasteiger partial charge in [-0.3, -0.25) is 0 Å². The van der Waals surface area contributed by atoms with Crippen LogP contribution >= 0.6 is 0 Å². The maximum atomic E-state index is 6.30. The second kappa shape index (κ2) is 5.08. The first-order chi connectivity index (χ1) is 11.1. The van der Waals surface area contributed by atoms with Crippen LogP contribution in [0.25, 0.3) is 0 Å². The molecule has 0 bridgehead atoms. The average molecular weight is 312 g/mol. The zero-order valence-electron chi connectivity index (χ0n) is 13.6. The molecule has 2 aliphatic heterocycles. The van der Waals surface area contributed by atoms with E-state index in [1.807, 2.05) is 31.2 Å². The summed E-state index contributed by atoms with van der Waals surface area (Å²) < 4.78 is 23.5. The van der Waals surface area contributed by atoms with E-state index in [2.05, 4.69) is 12.1 Å². The third-order valence-electron chi connectivity index (χ3n) is 4.84. The monoisotopic (exact) mass is 312 g/mol. The highest BCUT2D eigenvalue weighted by Gasteiger charge is 2.48. The Morgan fingerprint density at radius 3 is 1.78 bits per heavy atom. The summed E-state index contributed by atoms with van der Waals surface area (Å²) in [4.78, 5) is 0. The highest BCUT2D eigenvalue weighted by atomic mass is 16.7. The molecule has 0 aliphatic carbocycles. The third-order valence-corrected chi connectivity index (χ3v) is 4.84. The molecule has 0 saturated carbocycles. The molecule has 0 unspecified atom stereocenters.